The molecule has 0 saturated heterocycles. The second-order valence-electron chi connectivity index (χ2n) is 5.13. The second-order valence-corrected chi connectivity index (χ2v) is 5.13. The minimum absolute atomic E-state index is 0.0905. The van der Waals surface area contributed by atoms with Gasteiger partial charge in [0, 0.05) is 11.6 Å². The molecule has 0 N–H and O–H groups in total. The molecule has 0 bridgehead atoms. The van der Waals surface area contributed by atoms with Crippen LogP contribution in [0.3, 0.4) is 0 Å². The first-order valence-electron chi connectivity index (χ1n) is 5.16. The van der Waals surface area contributed by atoms with E-state index >= 15 is 0 Å². The fourth-order valence-electron chi connectivity index (χ4n) is 1.42. The number of aromatic nitrogens is 2. The van der Waals surface area contributed by atoms with Gasteiger partial charge in [-0.05, 0) is 12.8 Å². The summed E-state index contributed by atoms with van der Waals surface area (Å²) in [5.41, 5.74) is 3.33. The highest BCUT2D eigenvalue weighted by atomic mass is 14.8. The van der Waals surface area contributed by atoms with Crippen LogP contribution in [0, 0.1) is 6.92 Å². The van der Waals surface area contributed by atoms with Crippen LogP contribution in [0.1, 0.15) is 57.6 Å². The van der Waals surface area contributed by atoms with Gasteiger partial charge in [-0.1, -0.05) is 34.6 Å². The molecule has 14 heavy (non-hydrogen) atoms. The van der Waals surface area contributed by atoms with Crippen LogP contribution in [0.25, 0.3) is 0 Å². The van der Waals surface area contributed by atoms with Gasteiger partial charge in [0.25, 0.3) is 0 Å². The molecule has 0 saturated carbocycles. The van der Waals surface area contributed by atoms with Crippen molar-refractivity contribution in [3.05, 3.63) is 23.3 Å². The summed E-state index contributed by atoms with van der Waals surface area (Å²) in [5, 5.41) is 0. The molecule has 1 rings (SSSR count). The Labute approximate surface area is 86.8 Å². The van der Waals surface area contributed by atoms with Gasteiger partial charge in [-0.2, -0.15) is 0 Å². The summed E-state index contributed by atoms with van der Waals surface area (Å²) in [6.45, 7) is 12.8. The minimum atomic E-state index is 0.0905. The Kier molecular flexibility index (Phi) is 2.93. The fraction of sp³-hybridized carbons (Fsp3) is 0.667. The Morgan fingerprint density at radius 3 is 2.14 bits per heavy atom. The molecular formula is C12H20N2. The van der Waals surface area contributed by atoms with Gasteiger partial charge in [0.05, 0.1) is 17.1 Å². The smallest absolute Gasteiger partial charge is 0.0643 e. The average molecular weight is 192 g/mol. The van der Waals surface area contributed by atoms with E-state index in [1.54, 1.807) is 0 Å². The van der Waals surface area contributed by atoms with Crippen molar-refractivity contribution in [2.24, 2.45) is 0 Å². The monoisotopic (exact) mass is 192 g/mol. The van der Waals surface area contributed by atoms with Crippen molar-refractivity contribution in [2.45, 2.75) is 52.9 Å². The van der Waals surface area contributed by atoms with E-state index in [1.807, 2.05) is 13.1 Å². The lowest BCUT2D eigenvalue weighted by Gasteiger charge is -2.19. The summed E-state index contributed by atoms with van der Waals surface area (Å²) in [7, 11) is 0. The van der Waals surface area contributed by atoms with Gasteiger partial charge in [-0.15, -0.1) is 0 Å². The van der Waals surface area contributed by atoms with E-state index in [4.69, 9.17) is 0 Å². The lowest BCUT2D eigenvalue weighted by molar-refractivity contribution is 0.560. The van der Waals surface area contributed by atoms with Crippen LogP contribution in [-0.2, 0) is 5.41 Å². The molecule has 78 valence electrons. The van der Waals surface area contributed by atoms with Crippen molar-refractivity contribution >= 4 is 0 Å². The fourth-order valence-corrected chi connectivity index (χ4v) is 1.42. The maximum atomic E-state index is 4.60. The molecule has 1 aromatic rings. The summed E-state index contributed by atoms with van der Waals surface area (Å²) in [6.07, 6.45) is 1.91. The summed E-state index contributed by atoms with van der Waals surface area (Å²) >= 11 is 0. The summed E-state index contributed by atoms with van der Waals surface area (Å²) in [6, 6.07) is 0. The third-order valence-corrected chi connectivity index (χ3v) is 2.30. The lowest BCUT2D eigenvalue weighted by Crippen LogP contribution is -2.16. The van der Waals surface area contributed by atoms with E-state index in [9.17, 15) is 0 Å². The zero-order chi connectivity index (χ0) is 10.9. The molecule has 0 aromatic carbocycles. The highest BCUT2D eigenvalue weighted by molar-refractivity contribution is 5.19. The standard InChI is InChI=1S/C12H20N2/c1-8(2)11-9(3)14-10(7-13-11)12(4,5)6/h7-8H,1-6H3. The molecule has 0 unspecified atom stereocenters. The van der Waals surface area contributed by atoms with E-state index < -0.39 is 0 Å². The van der Waals surface area contributed by atoms with Gasteiger partial charge >= 0.3 is 0 Å². The van der Waals surface area contributed by atoms with Crippen LogP contribution in [0.15, 0.2) is 6.20 Å². The van der Waals surface area contributed by atoms with Gasteiger partial charge < -0.3 is 0 Å². The van der Waals surface area contributed by atoms with Crippen LogP contribution in [0.5, 0.6) is 0 Å². The van der Waals surface area contributed by atoms with Crippen LogP contribution >= 0.6 is 0 Å². The summed E-state index contributed by atoms with van der Waals surface area (Å²) in [4.78, 5) is 9.08. The third-order valence-electron chi connectivity index (χ3n) is 2.30. The maximum Gasteiger partial charge on any atom is 0.0643 e. The third kappa shape index (κ3) is 2.31. The molecule has 0 aliphatic rings. The van der Waals surface area contributed by atoms with Gasteiger partial charge in [0.1, 0.15) is 0 Å². The Bertz CT molecular complexity index is 322. The molecular weight excluding hydrogens is 172 g/mol. The van der Waals surface area contributed by atoms with Crippen LogP contribution in [0.4, 0.5) is 0 Å². The molecule has 2 nitrogen and oxygen atoms in total. The normalized spacial score (nSPS) is 12.2. The van der Waals surface area contributed by atoms with E-state index in [0.29, 0.717) is 5.92 Å². The summed E-state index contributed by atoms with van der Waals surface area (Å²) in [5.74, 6) is 0.455. The van der Waals surface area contributed by atoms with Crippen molar-refractivity contribution in [1.29, 1.82) is 0 Å². The Morgan fingerprint density at radius 1 is 1.21 bits per heavy atom. The Hall–Kier alpha value is -0.920. The molecule has 0 aliphatic carbocycles. The topological polar surface area (TPSA) is 25.8 Å². The van der Waals surface area contributed by atoms with Crippen LogP contribution < -0.4 is 0 Å². The first-order chi connectivity index (χ1) is 6.32. The highest BCUT2D eigenvalue weighted by Crippen LogP contribution is 2.22. The number of nitrogens with zero attached hydrogens (tertiary/aromatic N) is 2. The molecule has 0 radical (unpaired) electrons. The van der Waals surface area contributed by atoms with Crippen molar-refractivity contribution in [3.63, 3.8) is 0 Å². The van der Waals surface area contributed by atoms with E-state index in [0.717, 1.165) is 17.1 Å². The Balaban J connectivity index is 3.13. The number of hydrogen-bond acceptors (Lipinski definition) is 2. The molecule has 0 amide bonds. The van der Waals surface area contributed by atoms with Crippen LogP contribution in [0.2, 0.25) is 0 Å². The quantitative estimate of drug-likeness (QED) is 0.683. The van der Waals surface area contributed by atoms with Gasteiger partial charge in [-0.3, -0.25) is 9.97 Å². The Morgan fingerprint density at radius 2 is 1.79 bits per heavy atom. The van der Waals surface area contributed by atoms with Crippen molar-refractivity contribution < 1.29 is 0 Å². The first-order valence-corrected chi connectivity index (χ1v) is 5.16. The van der Waals surface area contributed by atoms with Gasteiger partial charge in [-0.25, -0.2) is 0 Å². The summed E-state index contributed by atoms with van der Waals surface area (Å²) < 4.78 is 0. The molecule has 1 heterocycles. The average Bonchev–Trinajstić information content (AvgIpc) is 2.01. The second kappa shape index (κ2) is 3.68. The predicted octanol–water partition coefficient (Wildman–Crippen LogP) is 3.21. The van der Waals surface area contributed by atoms with Gasteiger partial charge in [0.15, 0.2) is 0 Å². The zero-order valence-electron chi connectivity index (χ0n) is 10.0. The maximum absolute atomic E-state index is 4.60. The van der Waals surface area contributed by atoms with Crippen molar-refractivity contribution in [1.82, 2.24) is 9.97 Å². The predicted molar refractivity (Wildman–Crippen MR) is 59.6 cm³/mol. The van der Waals surface area contributed by atoms with Gasteiger partial charge in [0.2, 0.25) is 0 Å². The molecule has 0 spiro atoms. The number of hydrogen-bond donors (Lipinski definition) is 0. The molecule has 2 heteroatoms. The number of aryl methyl sites for hydroxylation is 1. The zero-order valence-corrected chi connectivity index (χ0v) is 10.0. The van der Waals surface area contributed by atoms with Crippen LogP contribution in [-0.4, -0.2) is 9.97 Å². The van der Waals surface area contributed by atoms with E-state index in [2.05, 4.69) is 44.6 Å². The highest BCUT2D eigenvalue weighted by Gasteiger charge is 2.17. The lowest BCUT2D eigenvalue weighted by atomic mass is 9.92. The van der Waals surface area contributed by atoms with Crippen molar-refractivity contribution in [2.75, 3.05) is 0 Å². The molecule has 1 aromatic heterocycles. The molecule has 0 fully saturated rings. The number of rotatable bonds is 1. The molecule has 0 aliphatic heterocycles. The molecule has 0 atom stereocenters. The van der Waals surface area contributed by atoms with E-state index in [1.165, 1.54) is 0 Å². The SMILES string of the molecule is Cc1nc(C(C)(C)C)cnc1C(C)C. The minimum Gasteiger partial charge on any atom is -0.257 e. The van der Waals surface area contributed by atoms with E-state index in [-0.39, 0.29) is 5.41 Å². The van der Waals surface area contributed by atoms with Crippen molar-refractivity contribution in [3.8, 4) is 0 Å². The first kappa shape index (κ1) is 11.2. The largest absolute Gasteiger partial charge is 0.257 e.